The van der Waals surface area contributed by atoms with Crippen molar-refractivity contribution in [2.75, 3.05) is 31.1 Å². The first-order valence-corrected chi connectivity index (χ1v) is 9.23. The summed E-state index contributed by atoms with van der Waals surface area (Å²) in [6.45, 7) is 6.88. The maximum Gasteiger partial charge on any atom is 0.0791 e. The van der Waals surface area contributed by atoms with Crippen LogP contribution in [0.1, 0.15) is 24.2 Å². The van der Waals surface area contributed by atoms with Crippen molar-refractivity contribution in [3.05, 3.63) is 54.1 Å². The summed E-state index contributed by atoms with van der Waals surface area (Å²) in [5, 5.41) is 0. The minimum atomic E-state index is 0.310. The lowest BCUT2D eigenvalue weighted by Gasteiger charge is -2.41. The maximum atomic E-state index is 6.13. The van der Waals surface area contributed by atoms with Crippen LogP contribution in [0.3, 0.4) is 0 Å². The molecule has 2 atom stereocenters. The van der Waals surface area contributed by atoms with Gasteiger partial charge in [0.25, 0.3) is 0 Å². The van der Waals surface area contributed by atoms with Crippen LogP contribution in [0.5, 0.6) is 0 Å². The molecule has 2 aliphatic rings. The van der Waals surface area contributed by atoms with Crippen molar-refractivity contribution in [3.63, 3.8) is 0 Å². The molecule has 2 saturated heterocycles. The highest BCUT2D eigenvalue weighted by molar-refractivity contribution is 5.45. The van der Waals surface area contributed by atoms with Crippen LogP contribution < -0.4 is 4.90 Å². The van der Waals surface area contributed by atoms with E-state index in [-0.39, 0.29) is 0 Å². The molecule has 2 aromatic rings. The zero-order valence-electron chi connectivity index (χ0n) is 14.8. The summed E-state index contributed by atoms with van der Waals surface area (Å²) in [4.78, 5) is 14.0. The molecule has 0 spiro atoms. The fraction of sp³-hybridized carbons (Fsp3) is 0.500. The van der Waals surface area contributed by atoms with E-state index < -0.39 is 0 Å². The molecule has 0 N–H and O–H groups in total. The lowest BCUT2D eigenvalue weighted by molar-refractivity contribution is 0.00892. The predicted molar refractivity (Wildman–Crippen MR) is 98.6 cm³/mol. The molecule has 0 bridgehead atoms. The molecule has 0 saturated carbocycles. The van der Waals surface area contributed by atoms with E-state index in [1.807, 2.05) is 18.5 Å². The van der Waals surface area contributed by atoms with Gasteiger partial charge in [-0.1, -0.05) is 6.07 Å². The molecule has 5 nitrogen and oxygen atoms in total. The van der Waals surface area contributed by atoms with Crippen molar-refractivity contribution in [3.8, 4) is 0 Å². The second kappa shape index (κ2) is 7.50. The third-order valence-electron chi connectivity index (χ3n) is 5.27. The van der Waals surface area contributed by atoms with Gasteiger partial charge >= 0.3 is 0 Å². The van der Waals surface area contributed by atoms with Crippen molar-refractivity contribution in [1.29, 1.82) is 0 Å². The van der Waals surface area contributed by atoms with Gasteiger partial charge in [-0.15, -0.1) is 0 Å². The van der Waals surface area contributed by atoms with Crippen LogP contribution in [-0.4, -0.2) is 53.3 Å². The fourth-order valence-corrected chi connectivity index (χ4v) is 4.05. The Morgan fingerprint density at radius 1 is 1.12 bits per heavy atom. The monoisotopic (exact) mass is 338 g/mol. The van der Waals surface area contributed by atoms with E-state index in [0.29, 0.717) is 12.1 Å². The SMILES string of the molecule is Cc1cccc(CN2CC[C@@H]3[C@@H](CC2)OCCN3c2cccnc2)n1. The van der Waals surface area contributed by atoms with Gasteiger partial charge in [-0.25, -0.2) is 0 Å². The number of hydrogen-bond donors (Lipinski definition) is 0. The number of ether oxygens (including phenoxy) is 1. The Balaban J connectivity index is 1.46. The van der Waals surface area contributed by atoms with E-state index >= 15 is 0 Å². The number of hydrogen-bond acceptors (Lipinski definition) is 5. The Morgan fingerprint density at radius 2 is 2.04 bits per heavy atom. The second-order valence-corrected chi connectivity index (χ2v) is 7.01. The Morgan fingerprint density at radius 3 is 2.88 bits per heavy atom. The van der Waals surface area contributed by atoms with Crippen molar-refractivity contribution in [2.24, 2.45) is 0 Å². The molecule has 0 amide bonds. The minimum absolute atomic E-state index is 0.310. The summed E-state index contributed by atoms with van der Waals surface area (Å²) in [6.07, 6.45) is 6.32. The van der Waals surface area contributed by atoms with Gasteiger partial charge in [-0.3, -0.25) is 14.9 Å². The molecule has 0 unspecified atom stereocenters. The van der Waals surface area contributed by atoms with Crippen LogP contribution in [0.2, 0.25) is 0 Å². The quantitative estimate of drug-likeness (QED) is 0.861. The molecule has 4 heterocycles. The van der Waals surface area contributed by atoms with E-state index in [2.05, 4.69) is 51.0 Å². The van der Waals surface area contributed by atoms with Crippen LogP contribution in [0.4, 0.5) is 5.69 Å². The lowest BCUT2D eigenvalue weighted by Crippen LogP contribution is -2.51. The van der Waals surface area contributed by atoms with Gasteiger partial charge in [0.2, 0.25) is 0 Å². The number of rotatable bonds is 3. The number of aryl methyl sites for hydroxylation is 1. The molecule has 2 aromatic heterocycles. The average molecular weight is 338 g/mol. The summed E-state index contributed by atoms with van der Waals surface area (Å²) in [5.74, 6) is 0. The normalized spacial score (nSPS) is 24.6. The Kier molecular flexibility index (Phi) is 4.95. The standard InChI is InChI=1S/C20H26N4O/c1-16-4-2-5-17(22-16)15-23-10-7-19-20(8-11-23)25-13-12-24(19)18-6-3-9-21-14-18/h2-6,9,14,19-20H,7-8,10-13,15H2,1H3/t19-,20-/m1/s1. The first-order valence-electron chi connectivity index (χ1n) is 9.23. The number of aromatic nitrogens is 2. The zero-order valence-corrected chi connectivity index (χ0v) is 14.8. The summed E-state index contributed by atoms with van der Waals surface area (Å²) >= 11 is 0. The number of pyridine rings is 2. The molecular formula is C20H26N4O. The largest absolute Gasteiger partial charge is 0.374 e. The van der Waals surface area contributed by atoms with Crippen molar-refractivity contribution in [1.82, 2.24) is 14.9 Å². The molecule has 0 aliphatic carbocycles. The average Bonchev–Trinajstić information content (AvgIpc) is 2.85. The minimum Gasteiger partial charge on any atom is -0.374 e. The van der Waals surface area contributed by atoms with E-state index in [1.165, 1.54) is 5.69 Å². The molecule has 2 aliphatic heterocycles. The Labute approximate surface area is 149 Å². The van der Waals surface area contributed by atoms with Gasteiger partial charge in [0.05, 0.1) is 36.3 Å². The molecule has 25 heavy (non-hydrogen) atoms. The summed E-state index contributed by atoms with van der Waals surface area (Å²) < 4.78 is 6.13. The lowest BCUT2D eigenvalue weighted by atomic mass is 10.0. The zero-order chi connectivity index (χ0) is 17.1. The van der Waals surface area contributed by atoms with Crippen LogP contribution in [0.25, 0.3) is 0 Å². The van der Waals surface area contributed by atoms with E-state index in [4.69, 9.17) is 4.74 Å². The van der Waals surface area contributed by atoms with E-state index in [9.17, 15) is 0 Å². The van der Waals surface area contributed by atoms with Gasteiger partial charge in [0.1, 0.15) is 0 Å². The third-order valence-corrected chi connectivity index (χ3v) is 5.27. The first kappa shape index (κ1) is 16.5. The van der Waals surface area contributed by atoms with Crippen molar-refractivity contribution >= 4 is 5.69 Å². The number of likely N-dealkylation sites (tertiary alicyclic amines) is 1. The Bertz CT molecular complexity index is 693. The van der Waals surface area contributed by atoms with Gasteiger partial charge in [-0.05, 0) is 44.0 Å². The highest BCUT2D eigenvalue weighted by Crippen LogP contribution is 2.28. The van der Waals surface area contributed by atoms with Gasteiger partial charge in [0.15, 0.2) is 0 Å². The van der Waals surface area contributed by atoms with Crippen LogP contribution in [-0.2, 0) is 11.3 Å². The molecule has 5 heteroatoms. The fourth-order valence-electron chi connectivity index (χ4n) is 4.05. The van der Waals surface area contributed by atoms with Crippen LogP contribution in [0.15, 0.2) is 42.7 Å². The van der Waals surface area contributed by atoms with Crippen molar-refractivity contribution in [2.45, 2.75) is 38.5 Å². The van der Waals surface area contributed by atoms with Crippen LogP contribution >= 0.6 is 0 Å². The molecular weight excluding hydrogens is 312 g/mol. The van der Waals surface area contributed by atoms with Gasteiger partial charge in [0, 0.05) is 38.1 Å². The summed E-state index contributed by atoms with van der Waals surface area (Å²) in [7, 11) is 0. The molecule has 2 fully saturated rings. The van der Waals surface area contributed by atoms with E-state index in [0.717, 1.165) is 57.0 Å². The van der Waals surface area contributed by atoms with Gasteiger partial charge < -0.3 is 9.64 Å². The predicted octanol–water partition coefficient (Wildman–Crippen LogP) is 2.65. The van der Waals surface area contributed by atoms with Crippen LogP contribution in [0, 0.1) is 6.92 Å². The highest BCUT2D eigenvalue weighted by Gasteiger charge is 2.34. The molecule has 4 rings (SSSR count). The summed E-state index contributed by atoms with van der Waals surface area (Å²) in [6, 6.07) is 10.9. The number of anilines is 1. The molecule has 0 aromatic carbocycles. The first-order chi connectivity index (χ1) is 12.3. The summed E-state index contributed by atoms with van der Waals surface area (Å²) in [5.41, 5.74) is 3.47. The Hall–Kier alpha value is -1.98. The molecule has 0 radical (unpaired) electrons. The van der Waals surface area contributed by atoms with Gasteiger partial charge in [-0.2, -0.15) is 0 Å². The van der Waals surface area contributed by atoms with E-state index in [1.54, 1.807) is 0 Å². The highest BCUT2D eigenvalue weighted by atomic mass is 16.5. The third kappa shape index (κ3) is 3.83. The second-order valence-electron chi connectivity index (χ2n) is 7.01. The number of morpholine rings is 1. The smallest absolute Gasteiger partial charge is 0.0791 e. The maximum absolute atomic E-state index is 6.13. The number of fused-ring (bicyclic) bond motifs is 1. The number of nitrogens with zero attached hydrogens (tertiary/aromatic N) is 4. The topological polar surface area (TPSA) is 41.5 Å². The molecule has 132 valence electrons. The van der Waals surface area contributed by atoms with Crippen molar-refractivity contribution < 1.29 is 4.74 Å².